The molecule has 0 aromatic heterocycles. The van der Waals surface area contributed by atoms with Gasteiger partial charge in [0.2, 0.25) is 0 Å². The van der Waals surface area contributed by atoms with Gasteiger partial charge in [0.05, 0.1) is 18.2 Å². The van der Waals surface area contributed by atoms with Crippen molar-refractivity contribution in [2.24, 2.45) is 5.92 Å². The zero-order valence-electron chi connectivity index (χ0n) is 14.7. The van der Waals surface area contributed by atoms with E-state index in [0.717, 1.165) is 12.8 Å². The minimum absolute atomic E-state index is 0.293. The van der Waals surface area contributed by atoms with Crippen LogP contribution >= 0.6 is 15.9 Å². The Morgan fingerprint density at radius 3 is 2.41 bits per heavy atom. The molecule has 5 heteroatoms. The van der Waals surface area contributed by atoms with Gasteiger partial charge in [-0.1, -0.05) is 42.1 Å². The highest BCUT2D eigenvalue weighted by Gasteiger charge is 2.33. The first-order chi connectivity index (χ1) is 10.2. The molecule has 0 aromatic carbocycles. The quantitative estimate of drug-likeness (QED) is 0.685. The first-order valence-electron chi connectivity index (χ1n) is 8.40. The van der Waals surface area contributed by atoms with Gasteiger partial charge in [-0.3, -0.25) is 0 Å². The summed E-state index contributed by atoms with van der Waals surface area (Å²) >= 11 is 3.54. The van der Waals surface area contributed by atoms with Crippen LogP contribution in [0.4, 0.5) is 4.79 Å². The van der Waals surface area contributed by atoms with Gasteiger partial charge in [-0.05, 0) is 46.5 Å². The van der Waals surface area contributed by atoms with Gasteiger partial charge in [0.1, 0.15) is 5.60 Å². The number of hydrogen-bond acceptors (Lipinski definition) is 3. The van der Waals surface area contributed by atoms with Crippen molar-refractivity contribution in [2.45, 2.75) is 84.0 Å². The van der Waals surface area contributed by atoms with Crippen LogP contribution in [0.5, 0.6) is 0 Å². The minimum atomic E-state index is -0.480. The summed E-state index contributed by atoms with van der Waals surface area (Å²) in [4.78, 5) is 11.8. The zero-order chi connectivity index (χ0) is 16.8. The second-order valence-electron chi connectivity index (χ2n) is 7.55. The standard InChI is InChI=1S/C17H32BrNO3/c1-6-13-9-7-8-10-14(13)21-17(5,11-18)12-19-15(20)22-16(2,3)4/h13-14H,6-12H2,1-5H3,(H,19,20). The van der Waals surface area contributed by atoms with Crippen molar-refractivity contribution in [3.8, 4) is 0 Å². The maximum atomic E-state index is 11.8. The number of carbonyl (C=O) groups is 1. The molecule has 130 valence electrons. The zero-order valence-corrected chi connectivity index (χ0v) is 16.3. The first-order valence-corrected chi connectivity index (χ1v) is 9.52. The molecule has 0 aliphatic heterocycles. The molecule has 1 N–H and O–H groups in total. The Morgan fingerprint density at radius 1 is 1.23 bits per heavy atom. The Balaban J connectivity index is 2.54. The average Bonchev–Trinajstić information content (AvgIpc) is 2.44. The van der Waals surface area contributed by atoms with E-state index < -0.39 is 11.2 Å². The van der Waals surface area contributed by atoms with Crippen molar-refractivity contribution >= 4 is 22.0 Å². The summed E-state index contributed by atoms with van der Waals surface area (Å²) in [5, 5.41) is 3.52. The molecule has 0 heterocycles. The van der Waals surface area contributed by atoms with Crippen molar-refractivity contribution in [1.29, 1.82) is 0 Å². The fourth-order valence-corrected chi connectivity index (χ4v) is 3.19. The molecular weight excluding hydrogens is 346 g/mol. The van der Waals surface area contributed by atoms with Gasteiger partial charge >= 0.3 is 6.09 Å². The fourth-order valence-electron chi connectivity index (χ4n) is 2.85. The third kappa shape index (κ3) is 6.86. The Bertz CT molecular complexity index is 356. The molecule has 22 heavy (non-hydrogen) atoms. The maximum absolute atomic E-state index is 11.8. The van der Waals surface area contributed by atoms with E-state index in [0.29, 0.717) is 23.9 Å². The van der Waals surface area contributed by atoms with Crippen LogP contribution in [-0.4, -0.2) is 35.3 Å². The Labute approximate surface area is 143 Å². The average molecular weight is 378 g/mol. The monoisotopic (exact) mass is 377 g/mol. The smallest absolute Gasteiger partial charge is 0.407 e. The van der Waals surface area contributed by atoms with Gasteiger partial charge in [-0.2, -0.15) is 0 Å². The summed E-state index contributed by atoms with van der Waals surface area (Å²) < 4.78 is 11.7. The number of nitrogens with one attached hydrogen (secondary N) is 1. The van der Waals surface area contributed by atoms with Crippen molar-refractivity contribution < 1.29 is 14.3 Å². The summed E-state index contributed by atoms with van der Waals surface area (Å²) in [6, 6.07) is 0. The first kappa shape index (κ1) is 19.8. The molecule has 1 saturated carbocycles. The van der Waals surface area contributed by atoms with Crippen molar-refractivity contribution in [3.63, 3.8) is 0 Å². The van der Waals surface area contributed by atoms with Gasteiger partial charge in [0.25, 0.3) is 0 Å². The molecule has 1 amide bonds. The van der Waals surface area contributed by atoms with Gasteiger partial charge < -0.3 is 14.8 Å². The number of carbonyl (C=O) groups excluding carboxylic acids is 1. The highest BCUT2D eigenvalue weighted by Crippen LogP contribution is 2.32. The normalized spacial score (nSPS) is 25.4. The Morgan fingerprint density at radius 2 is 1.86 bits per heavy atom. The van der Waals surface area contributed by atoms with E-state index in [9.17, 15) is 4.79 Å². The van der Waals surface area contributed by atoms with Gasteiger partial charge in [0.15, 0.2) is 0 Å². The van der Waals surface area contributed by atoms with Crippen molar-refractivity contribution in [2.75, 3.05) is 11.9 Å². The lowest BCUT2D eigenvalue weighted by Crippen LogP contribution is -2.48. The molecule has 0 saturated heterocycles. The van der Waals surface area contributed by atoms with Gasteiger partial charge in [-0.25, -0.2) is 4.79 Å². The second-order valence-corrected chi connectivity index (χ2v) is 8.11. The van der Waals surface area contributed by atoms with E-state index >= 15 is 0 Å². The molecule has 1 aliphatic carbocycles. The highest BCUT2D eigenvalue weighted by atomic mass is 79.9. The lowest BCUT2D eigenvalue weighted by molar-refractivity contribution is -0.103. The van der Waals surface area contributed by atoms with Crippen LogP contribution in [0, 0.1) is 5.92 Å². The van der Waals surface area contributed by atoms with Crippen molar-refractivity contribution in [1.82, 2.24) is 5.32 Å². The van der Waals surface area contributed by atoms with Gasteiger partial charge in [-0.15, -0.1) is 0 Å². The molecule has 0 spiro atoms. The van der Waals surface area contributed by atoms with Crippen LogP contribution < -0.4 is 5.32 Å². The molecule has 3 atom stereocenters. The number of hydrogen-bond donors (Lipinski definition) is 1. The Kier molecular flexibility index (Phi) is 7.66. The van der Waals surface area contributed by atoms with E-state index in [1.807, 2.05) is 27.7 Å². The number of amides is 1. The van der Waals surface area contributed by atoms with Crippen LogP contribution in [0.15, 0.2) is 0 Å². The maximum Gasteiger partial charge on any atom is 0.407 e. The fraction of sp³-hybridized carbons (Fsp3) is 0.941. The topological polar surface area (TPSA) is 47.6 Å². The van der Waals surface area contributed by atoms with E-state index in [1.54, 1.807) is 0 Å². The number of alkyl halides is 1. The third-order valence-electron chi connectivity index (χ3n) is 4.09. The van der Waals surface area contributed by atoms with Crippen molar-refractivity contribution in [3.05, 3.63) is 0 Å². The SMILES string of the molecule is CCC1CCCCC1OC(C)(CBr)CNC(=O)OC(C)(C)C. The highest BCUT2D eigenvalue weighted by molar-refractivity contribution is 9.09. The second kappa shape index (κ2) is 8.53. The van der Waals surface area contributed by atoms with Crippen LogP contribution in [0.3, 0.4) is 0 Å². The van der Waals surface area contributed by atoms with Crippen LogP contribution in [0.1, 0.15) is 66.7 Å². The molecule has 1 fully saturated rings. The number of ether oxygens (including phenoxy) is 2. The predicted molar refractivity (Wildman–Crippen MR) is 93.6 cm³/mol. The van der Waals surface area contributed by atoms with Gasteiger partial charge in [0, 0.05) is 5.33 Å². The molecule has 0 radical (unpaired) electrons. The van der Waals surface area contributed by atoms with Crippen LogP contribution in [0.25, 0.3) is 0 Å². The van der Waals surface area contributed by atoms with E-state index in [4.69, 9.17) is 9.47 Å². The number of alkyl carbamates (subject to hydrolysis) is 1. The molecule has 1 aliphatic rings. The number of halogens is 1. The molecule has 0 bridgehead atoms. The predicted octanol–water partition coefficient (Wildman–Crippen LogP) is 4.65. The van der Waals surface area contributed by atoms with E-state index in [2.05, 4.69) is 28.2 Å². The molecule has 0 aromatic rings. The largest absolute Gasteiger partial charge is 0.444 e. The Hall–Kier alpha value is -0.290. The molecular formula is C17H32BrNO3. The van der Waals surface area contributed by atoms with Crippen LogP contribution in [0.2, 0.25) is 0 Å². The lowest BCUT2D eigenvalue weighted by atomic mass is 9.84. The summed E-state index contributed by atoms with van der Waals surface area (Å²) in [6.45, 7) is 10.3. The van der Waals surface area contributed by atoms with E-state index in [1.165, 1.54) is 19.3 Å². The van der Waals surface area contributed by atoms with Crippen LogP contribution in [-0.2, 0) is 9.47 Å². The third-order valence-corrected chi connectivity index (χ3v) is 5.27. The number of rotatable bonds is 6. The molecule has 3 unspecified atom stereocenters. The summed E-state index contributed by atoms with van der Waals surface area (Å²) in [6.07, 6.45) is 5.97. The summed E-state index contributed by atoms with van der Waals surface area (Å²) in [5.74, 6) is 0.633. The molecule has 1 rings (SSSR count). The van der Waals surface area contributed by atoms with E-state index in [-0.39, 0.29) is 6.09 Å². The lowest BCUT2D eigenvalue weighted by Gasteiger charge is -2.38. The molecule has 4 nitrogen and oxygen atoms in total. The summed E-state index contributed by atoms with van der Waals surface area (Å²) in [5.41, 5.74) is -0.890. The summed E-state index contributed by atoms with van der Waals surface area (Å²) in [7, 11) is 0. The minimum Gasteiger partial charge on any atom is -0.444 e.